The highest BCUT2D eigenvalue weighted by molar-refractivity contribution is 5.63. The topological polar surface area (TPSA) is 36.1 Å². The van der Waals surface area contributed by atoms with Gasteiger partial charge in [0, 0.05) is 18.3 Å². The van der Waals surface area contributed by atoms with Crippen LogP contribution in [0.3, 0.4) is 0 Å². The number of benzene rings is 2. The maximum absolute atomic E-state index is 11.8. The Balaban J connectivity index is 1.24. The summed E-state index contributed by atoms with van der Waals surface area (Å²) in [6.07, 6.45) is 6.56. The van der Waals surface area contributed by atoms with Gasteiger partial charge in [-0.15, -0.1) is 0 Å². The van der Waals surface area contributed by atoms with E-state index in [1.807, 2.05) is 12.1 Å². The van der Waals surface area contributed by atoms with E-state index in [4.69, 9.17) is 0 Å². The molecule has 0 radical (unpaired) electrons. The van der Waals surface area contributed by atoms with E-state index >= 15 is 0 Å². The molecule has 0 spiro atoms. The second-order valence-electron chi connectivity index (χ2n) is 7.85. The number of aryl methyl sites for hydroxylation is 1. The molecule has 0 unspecified atom stereocenters. The Morgan fingerprint density at radius 2 is 1.57 bits per heavy atom. The number of hydrogen-bond acceptors (Lipinski definition) is 2. The Morgan fingerprint density at radius 3 is 2.29 bits per heavy atom. The van der Waals surface area contributed by atoms with E-state index in [-0.39, 0.29) is 5.56 Å². The van der Waals surface area contributed by atoms with Crippen LogP contribution in [-0.2, 0) is 13.0 Å². The van der Waals surface area contributed by atoms with Crippen LogP contribution < -0.4 is 5.56 Å². The summed E-state index contributed by atoms with van der Waals surface area (Å²) in [6.45, 7) is 2.95. The van der Waals surface area contributed by atoms with E-state index in [2.05, 4.69) is 64.5 Å². The van der Waals surface area contributed by atoms with Crippen LogP contribution in [-0.4, -0.2) is 23.0 Å². The largest absolute Gasteiger partial charge is 0.329 e. The van der Waals surface area contributed by atoms with Crippen LogP contribution in [0.25, 0.3) is 11.1 Å². The maximum atomic E-state index is 11.8. The fraction of sp³-hybridized carbons (Fsp3) is 0.320. The molecule has 28 heavy (non-hydrogen) atoms. The molecule has 0 atom stereocenters. The molecule has 3 nitrogen and oxygen atoms in total. The van der Waals surface area contributed by atoms with Crippen molar-refractivity contribution in [3.05, 3.63) is 94.4 Å². The Bertz CT molecular complexity index is 923. The first-order valence-corrected chi connectivity index (χ1v) is 10.3. The number of pyridine rings is 1. The number of piperidine rings is 1. The van der Waals surface area contributed by atoms with Gasteiger partial charge in [-0.05, 0) is 67.4 Å². The van der Waals surface area contributed by atoms with E-state index in [0.717, 1.165) is 37.5 Å². The predicted molar refractivity (Wildman–Crippen MR) is 115 cm³/mol. The molecule has 3 heteroatoms. The SMILES string of the molecule is O=c1[nH]cccc1CN1CCC(CCc2ccc(-c3ccccc3)cc2)CC1. The number of H-pyrrole nitrogens is 1. The van der Waals surface area contributed by atoms with Crippen molar-refractivity contribution < 1.29 is 0 Å². The lowest BCUT2D eigenvalue weighted by molar-refractivity contribution is 0.172. The summed E-state index contributed by atoms with van der Waals surface area (Å²) < 4.78 is 0. The summed E-state index contributed by atoms with van der Waals surface area (Å²) in [6, 6.07) is 23.4. The molecule has 0 bridgehead atoms. The van der Waals surface area contributed by atoms with Crippen molar-refractivity contribution in [2.45, 2.75) is 32.2 Å². The lowest BCUT2D eigenvalue weighted by Crippen LogP contribution is -2.34. The Labute approximate surface area is 167 Å². The van der Waals surface area contributed by atoms with Crippen LogP contribution in [0.5, 0.6) is 0 Å². The van der Waals surface area contributed by atoms with Gasteiger partial charge in [0.05, 0.1) is 0 Å². The number of rotatable bonds is 6. The molecule has 1 saturated heterocycles. The molecule has 1 aliphatic heterocycles. The Hall–Kier alpha value is -2.65. The fourth-order valence-electron chi connectivity index (χ4n) is 4.12. The first-order chi connectivity index (χ1) is 13.8. The van der Waals surface area contributed by atoms with Crippen LogP contribution in [0.1, 0.15) is 30.4 Å². The molecular weight excluding hydrogens is 344 g/mol. The Kier molecular flexibility index (Phi) is 6.03. The van der Waals surface area contributed by atoms with Crippen molar-refractivity contribution in [1.82, 2.24) is 9.88 Å². The maximum Gasteiger partial charge on any atom is 0.252 e. The predicted octanol–water partition coefficient (Wildman–Crippen LogP) is 4.89. The summed E-state index contributed by atoms with van der Waals surface area (Å²) in [5.74, 6) is 0.791. The third-order valence-electron chi connectivity index (χ3n) is 5.90. The molecule has 0 aliphatic carbocycles. The van der Waals surface area contributed by atoms with Crippen molar-refractivity contribution >= 4 is 0 Å². The number of aromatic amines is 1. The van der Waals surface area contributed by atoms with Crippen LogP contribution in [0.2, 0.25) is 0 Å². The quantitative estimate of drug-likeness (QED) is 0.669. The summed E-state index contributed by atoms with van der Waals surface area (Å²) in [7, 11) is 0. The molecule has 1 aromatic heterocycles. The lowest BCUT2D eigenvalue weighted by Gasteiger charge is -2.31. The number of aromatic nitrogens is 1. The van der Waals surface area contributed by atoms with Gasteiger partial charge in [-0.2, -0.15) is 0 Å². The van der Waals surface area contributed by atoms with Crippen LogP contribution in [0, 0.1) is 5.92 Å². The van der Waals surface area contributed by atoms with Crippen LogP contribution >= 0.6 is 0 Å². The highest BCUT2D eigenvalue weighted by Gasteiger charge is 2.19. The first kappa shape index (κ1) is 18.7. The van der Waals surface area contributed by atoms with E-state index in [1.54, 1.807) is 6.20 Å². The number of hydrogen-bond donors (Lipinski definition) is 1. The van der Waals surface area contributed by atoms with E-state index in [1.165, 1.54) is 36.0 Å². The van der Waals surface area contributed by atoms with Gasteiger partial charge in [0.1, 0.15) is 0 Å². The third-order valence-corrected chi connectivity index (χ3v) is 5.90. The zero-order chi connectivity index (χ0) is 19.2. The van der Waals surface area contributed by atoms with Gasteiger partial charge < -0.3 is 4.98 Å². The van der Waals surface area contributed by atoms with Gasteiger partial charge in [-0.25, -0.2) is 0 Å². The summed E-state index contributed by atoms with van der Waals surface area (Å²) in [5.41, 5.74) is 4.91. The van der Waals surface area contributed by atoms with Crippen molar-refractivity contribution in [1.29, 1.82) is 0 Å². The average Bonchev–Trinajstić information content (AvgIpc) is 2.76. The molecule has 1 fully saturated rings. The first-order valence-electron chi connectivity index (χ1n) is 10.3. The van der Waals surface area contributed by atoms with Gasteiger partial charge in [0.25, 0.3) is 5.56 Å². The fourth-order valence-corrected chi connectivity index (χ4v) is 4.12. The van der Waals surface area contributed by atoms with Gasteiger partial charge in [0.15, 0.2) is 0 Å². The third kappa shape index (κ3) is 4.79. The highest BCUT2D eigenvalue weighted by atomic mass is 16.1. The Morgan fingerprint density at radius 1 is 0.857 bits per heavy atom. The molecule has 144 valence electrons. The molecule has 1 aliphatic rings. The van der Waals surface area contributed by atoms with E-state index < -0.39 is 0 Å². The summed E-state index contributed by atoms with van der Waals surface area (Å²) >= 11 is 0. The number of likely N-dealkylation sites (tertiary alicyclic amines) is 1. The average molecular weight is 373 g/mol. The smallest absolute Gasteiger partial charge is 0.252 e. The standard InChI is InChI=1S/C25H28N2O/c28-25-24(7-4-16-26-25)19-27-17-14-21(15-18-27)9-8-20-10-12-23(13-11-20)22-5-2-1-3-6-22/h1-7,10-13,16,21H,8-9,14-15,17-19H2,(H,26,28). The zero-order valence-corrected chi connectivity index (χ0v) is 16.3. The number of nitrogens with one attached hydrogen (secondary N) is 1. The van der Waals surface area contributed by atoms with Gasteiger partial charge in [0.2, 0.25) is 0 Å². The van der Waals surface area contributed by atoms with Gasteiger partial charge >= 0.3 is 0 Å². The van der Waals surface area contributed by atoms with Crippen molar-refractivity contribution in [2.75, 3.05) is 13.1 Å². The van der Waals surface area contributed by atoms with Crippen molar-refractivity contribution in [3.8, 4) is 11.1 Å². The summed E-state index contributed by atoms with van der Waals surface area (Å²) in [5, 5.41) is 0. The molecule has 4 rings (SSSR count). The summed E-state index contributed by atoms with van der Waals surface area (Å²) in [4.78, 5) is 17.0. The molecule has 0 saturated carbocycles. The molecule has 1 N–H and O–H groups in total. The second-order valence-corrected chi connectivity index (χ2v) is 7.85. The minimum Gasteiger partial charge on any atom is -0.329 e. The molecule has 2 heterocycles. The van der Waals surface area contributed by atoms with Crippen molar-refractivity contribution in [2.24, 2.45) is 5.92 Å². The van der Waals surface area contributed by atoms with Gasteiger partial charge in [-0.1, -0.05) is 60.7 Å². The minimum atomic E-state index is 0.0450. The van der Waals surface area contributed by atoms with Gasteiger partial charge in [-0.3, -0.25) is 9.69 Å². The van der Waals surface area contributed by atoms with Crippen LogP contribution in [0.4, 0.5) is 0 Å². The normalized spacial score (nSPS) is 15.6. The van der Waals surface area contributed by atoms with Crippen LogP contribution in [0.15, 0.2) is 77.7 Å². The highest BCUT2D eigenvalue weighted by Crippen LogP contribution is 2.24. The molecule has 0 amide bonds. The monoisotopic (exact) mass is 372 g/mol. The van der Waals surface area contributed by atoms with E-state index in [0.29, 0.717) is 0 Å². The lowest BCUT2D eigenvalue weighted by atomic mass is 9.90. The van der Waals surface area contributed by atoms with Crippen molar-refractivity contribution in [3.63, 3.8) is 0 Å². The molecular formula is C25H28N2O. The molecule has 3 aromatic rings. The number of nitrogens with zero attached hydrogens (tertiary/aromatic N) is 1. The molecule has 2 aromatic carbocycles. The minimum absolute atomic E-state index is 0.0450. The van der Waals surface area contributed by atoms with E-state index in [9.17, 15) is 4.79 Å². The zero-order valence-electron chi connectivity index (χ0n) is 16.3. The second kappa shape index (κ2) is 9.03.